The Morgan fingerprint density at radius 1 is 1.32 bits per heavy atom. The molecule has 0 radical (unpaired) electrons. The highest BCUT2D eigenvalue weighted by Gasteiger charge is 2.48. The van der Waals surface area contributed by atoms with Gasteiger partial charge < -0.3 is 25.0 Å². The topological polar surface area (TPSA) is 131 Å². The lowest BCUT2D eigenvalue weighted by molar-refractivity contribution is -0.256. The summed E-state index contributed by atoms with van der Waals surface area (Å²) in [6.07, 6.45) is -4.31. The van der Waals surface area contributed by atoms with Gasteiger partial charge in [0.15, 0.2) is 6.29 Å². The second-order valence-electron chi connectivity index (χ2n) is 5.58. The molecule has 1 aromatic rings. The van der Waals surface area contributed by atoms with E-state index in [0.717, 1.165) is 6.26 Å². The number of amides is 1. The summed E-state index contributed by atoms with van der Waals surface area (Å²) in [7, 11) is -2.67. The highest BCUT2D eigenvalue weighted by Crippen LogP contribution is 2.25. The molecule has 1 heterocycles. The van der Waals surface area contributed by atoms with Crippen molar-refractivity contribution in [3.63, 3.8) is 0 Å². The van der Waals surface area contributed by atoms with Gasteiger partial charge >= 0.3 is 0 Å². The van der Waals surface area contributed by atoms with Gasteiger partial charge in [0, 0.05) is 12.7 Å². The fraction of sp³-hybridized carbons (Fsp3) is 0.533. The van der Waals surface area contributed by atoms with E-state index in [1.807, 2.05) is 0 Å². The van der Waals surface area contributed by atoms with Crippen LogP contribution in [0.3, 0.4) is 0 Å². The van der Waals surface area contributed by atoms with Crippen molar-refractivity contribution in [1.82, 2.24) is 5.32 Å². The molecule has 1 aliphatic heterocycles. The maximum Gasteiger partial charge on any atom is 0.264 e. The highest BCUT2D eigenvalue weighted by atomic mass is 32.2. The van der Waals surface area contributed by atoms with Gasteiger partial charge in [0.05, 0.1) is 12.9 Å². The summed E-state index contributed by atoms with van der Waals surface area (Å²) >= 11 is 0. The first kappa shape index (κ1) is 19.8. The first-order valence-corrected chi connectivity index (χ1v) is 9.30. The van der Waals surface area contributed by atoms with Crippen molar-refractivity contribution in [2.24, 2.45) is 0 Å². The summed E-state index contributed by atoms with van der Waals surface area (Å²) in [5.41, 5.74) is 0.328. The molecule has 1 fully saturated rings. The summed E-state index contributed by atoms with van der Waals surface area (Å²) in [6, 6.07) is 7.09. The Hall–Kier alpha value is -1.56. The van der Waals surface area contributed by atoms with Crippen LogP contribution in [0.1, 0.15) is 10.4 Å². The molecule has 1 amide bonds. The Morgan fingerprint density at radius 3 is 2.48 bits per heavy atom. The van der Waals surface area contributed by atoms with Crippen LogP contribution in [0.15, 0.2) is 30.3 Å². The number of carbonyl (C=O) groups excluding carboxylic acids is 1. The van der Waals surface area contributed by atoms with Gasteiger partial charge in [-0.1, -0.05) is 18.2 Å². The standard InChI is InChI=1S/C15H21NO8S/c1-22-15-11(16-14(19)9-6-4-3-5-7-9)13(24-25(2,20)21)12(18)10(8-17)23-15/h3-7,10-13,15,17-18H,8H2,1-2H3,(H,16,19). The minimum atomic E-state index is -3.96. The number of methoxy groups -OCH3 is 1. The van der Waals surface area contributed by atoms with Gasteiger partial charge in [-0.15, -0.1) is 0 Å². The number of carbonyl (C=O) groups is 1. The van der Waals surface area contributed by atoms with E-state index in [-0.39, 0.29) is 0 Å². The molecule has 140 valence electrons. The van der Waals surface area contributed by atoms with Crippen LogP contribution in [0.25, 0.3) is 0 Å². The van der Waals surface area contributed by atoms with Gasteiger partial charge in [-0.05, 0) is 12.1 Å². The second kappa shape index (κ2) is 8.21. The van der Waals surface area contributed by atoms with Crippen LogP contribution in [0.4, 0.5) is 0 Å². The van der Waals surface area contributed by atoms with Crippen LogP contribution in [-0.2, 0) is 23.8 Å². The van der Waals surface area contributed by atoms with Gasteiger partial charge in [0.2, 0.25) is 0 Å². The summed E-state index contributed by atoms with van der Waals surface area (Å²) in [6.45, 7) is -0.579. The molecule has 0 saturated carbocycles. The molecule has 5 unspecified atom stereocenters. The number of hydrogen-bond donors (Lipinski definition) is 3. The summed E-state index contributed by atoms with van der Waals surface area (Å²) in [5, 5.41) is 22.1. The van der Waals surface area contributed by atoms with Crippen LogP contribution >= 0.6 is 0 Å². The highest BCUT2D eigenvalue weighted by molar-refractivity contribution is 7.86. The van der Waals surface area contributed by atoms with Crippen molar-refractivity contribution in [2.75, 3.05) is 20.0 Å². The molecule has 0 bridgehead atoms. The maximum absolute atomic E-state index is 12.4. The van der Waals surface area contributed by atoms with Gasteiger partial charge in [-0.3, -0.25) is 8.98 Å². The molecule has 0 aliphatic carbocycles. The van der Waals surface area contributed by atoms with Crippen molar-refractivity contribution < 1.29 is 37.1 Å². The minimum absolute atomic E-state index is 0.328. The largest absolute Gasteiger partial charge is 0.394 e. The van der Waals surface area contributed by atoms with Crippen LogP contribution in [0.2, 0.25) is 0 Å². The van der Waals surface area contributed by atoms with Gasteiger partial charge in [-0.2, -0.15) is 8.42 Å². The van der Waals surface area contributed by atoms with Crippen molar-refractivity contribution in [1.29, 1.82) is 0 Å². The second-order valence-corrected chi connectivity index (χ2v) is 7.18. The van der Waals surface area contributed by atoms with Gasteiger partial charge in [0.1, 0.15) is 24.4 Å². The van der Waals surface area contributed by atoms with E-state index in [1.165, 1.54) is 7.11 Å². The van der Waals surface area contributed by atoms with E-state index in [4.69, 9.17) is 13.7 Å². The van der Waals surface area contributed by atoms with Crippen LogP contribution in [0, 0.1) is 0 Å². The van der Waals surface area contributed by atoms with E-state index in [2.05, 4.69) is 5.32 Å². The Kier molecular flexibility index (Phi) is 6.49. The van der Waals surface area contributed by atoms with E-state index in [1.54, 1.807) is 30.3 Å². The predicted molar refractivity (Wildman–Crippen MR) is 86.2 cm³/mol. The van der Waals surface area contributed by atoms with Crippen molar-refractivity contribution in [3.05, 3.63) is 35.9 Å². The van der Waals surface area contributed by atoms with Crippen molar-refractivity contribution in [2.45, 2.75) is 30.6 Å². The SMILES string of the molecule is COC1OC(CO)C(O)C(OS(C)(=O)=O)C1NC(=O)c1ccccc1. The molecule has 1 saturated heterocycles. The van der Waals surface area contributed by atoms with Crippen molar-refractivity contribution in [3.8, 4) is 0 Å². The first-order chi connectivity index (χ1) is 11.8. The van der Waals surface area contributed by atoms with Gasteiger partial charge in [0.25, 0.3) is 16.0 Å². The zero-order valence-corrected chi connectivity index (χ0v) is 14.5. The Labute approximate surface area is 145 Å². The van der Waals surface area contributed by atoms with Gasteiger partial charge in [-0.25, -0.2) is 0 Å². The molecule has 0 aromatic heterocycles. The lowest BCUT2D eigenvalue weighted by atomic mass is 9.96. The van der Waals surface area contributed by atoms with E-state index < -0.39 is 53.3 Å². The Balaban J connectivity index is 2.29. The molecule has 5 atom stereocenters. The molecule has 3 N–H and O–H groups in total. The average Bonchev–Trinajstić information content (AvgIpc) is 2.58. The van der Waals surface area contributed by atoms with Crippen molar-refractivity contribution >= 4 is 16.0 Å². The predicted octanol–water partition coefficient (Wildman–Crippen LogP) is -1.15. The smallest absolute Gasteiger partial charge is 0.264 e. The molecule has 1 aliphatic rings. The van der Waals surface area contributed by atoms with E-state index in [9.17, 15) is 23.4 Å². The molecule has 25 heavy (non-hydrogen) atoms. The number of rotatable bonds is 6. The lowest BCUT2D eigenvalue weighted by Crippen LogP contribution is -2.65. The molecular formula is C15H21NO8S. The number of aliphatic hydroxyl groups excluding tert-OH is 2. The number of hydrogen-bond acceptors (Lipinski definition) is 8. The first-order valence-electron chi connectivity index (χ1n) is 7.48. The number of ether oxygens (including phenoxy) is 2. The molecule has 1 aromatic carbocycles. The van der Waals surface area contributed by atoms with Crippen LogP contribution in [-0.4, -0.2) is 75.2 Å². The normalized spacial score (nSPS) is 30.0. The monoisotopic (exact) mass is 375 g/mol. The molecule has 2 rings (SSSR count). The molecule has 10 heteroatoms. The molecule has 0 spiro atoms. The average molecular weight is 375 g/mol. The third-order valence-electron chi connectivity index (χ3n) is 3.71. The summed E-state index contributed by atoms with van der Waals surface area (Å²) < 4.78 is 38.5. The van der Waals surface area contributed by atoms with E-state index >= 15 is 0 Å². The quantitative estimate of drug-likeness (QED) is 0.532. The fourth-order valence-electron chi connectivity index (χ4n) is 2.56. The minimum Gasteiger partial charge on any atom is -0.394 e. The maximum atomic E-state index is 12.4. The zero-order chi connectivity index (χ0) is 18.6. The Morgan fingerprint density at radius 2 is 1.96 bits per heavy atom. The zero-order valence-electron chi connectivity index (χ0n) is 13.7. The summed E-state index contributed by atoms with van der Waals surface area (Å²) in [4.78, 5) is 12.4. The molecular weight excluding hydrogens is 354 g/mol. The number of benzene rings is 1. The van der Waals surface area contributed by atoms with E-state index in [0.29, 0.717) is 5.56 Å². The Bertz CT molecular complexity index is 680. The third-order valence-corrected chi connectivity index (χ3v) is 4.28. The fourth-order valence-corrected chi connectivity index (χ4v) is 3.20. The summed E-state index contributed by atoms with van der Waals surface area (Å²) in [5.74, 6) is -0.520. The number of aliphatic hydroxyl groups is 2. The lowest BCUT2D eigenvalue weighted by Gasteiger charge is -2.43. The number of nitrogens with one attached hydrogen (secondary N) is 1. The molecule has 9 nitrogen and oxygen atoms in total. The van der Waals surface area contributed by atoms with Crippen LogP contribution < -0.4 is 5.32 Å². The van der Waals surface area contributed by atoms with Crippen LogP contribution in [0.5, 0.6) is 0 Å². The third kappa shape index (κ3) is 4.97.